The average Bonchev–Trinajstić information content (AvgIpc) is 3.44. The van der Waals surface area contributed by atoms with Gasteiger partial charge in [0, 0.05) is 45.5 Å². The van der Waals surface area contributed by atoms with Gasteiger partial charge >= 0.3 is 6.03 Å². The molecule has 0 bridgehead atoms. The molecule has 33 heavy (non-hydrogen) atoms. The van der Waals surface area contributed by atoms with E-state index in [2.05, 4.69) is 37.7 Å². The Morgan fingerprint density at radius 2 is 1.85 bits per heavy atom. The Kier molecular flexibility index (Phi) is 5.89. The summed E-state index contributed by atoms with van der Waals surface area (Å²) in [6.45, 7) is 4.05. The van der Waals surface area contributed by atoms with Crippen molar-refractivity contribution in [2.75, 3.05) is 52.6 Å². The van der Waals surface area contributed by atoms with E-state index in [0.29, 0.717) is 17.5 Å². The number of guanidine groups is 1. The van der Waals surface area contributed by atoms with Gasteiger partial charge in [0.15, 0.2) is 18.2 Å². The maximum atomic E-state index is 12.8. The molecule has 0 saturated carbocycles. The first-order chi connectivity index (χ1) is 16.0. The van der Waals surface area contributed by atoms with Crippen LogP contribution in [-0.2, 0) is 4.79 Å². The first kappa shape index (κ1) is 21.6. The standard InChI is InChI=1S/C20H26N10O2S/c1-26-8-10-28(11-9-26)18-21-16-15(17(31)22-19(32)27(16)2)29(18)12-13-33-20-23-24-25-30(20)14-6-4-3-5-7-14/h3-7,15-16H,8-13H2,1-2H3,(H,22,31,32). The number of thioether (sulfide) groups is 1. The fourth-order valence-electron chi connectivity index (χ4n) is 4.26. The van der Waals surface area contributed by atoms with Gasteiger partial charge in [-0.05, 0) is 29.6 Å². The summed E-state index contributed by atoms with van der Waals surface area (Å²) in [5, 5.41) is 15.2. The third-order valence-electron chi connectivity index (χ3n) is 6.13. The zero-order chi connectivity index (χ0) is 22.9. The number of fused-ring (bicyclic) bond motifs is 1. The SMILES string of the molecule is CN1CCN(C2=NC3C(C(=O)NC(=O)N3C)N2CCSc2nnnn2-c2ccccc2)CC1. The van der Waals surface area contributed by atoms with E-state index in [9.17, 15) is 9.59 Å². The minimum Gasteiger partial charge on any atom is -0.340 e. The van der Waals surface area contributed by atoms with Gasteiger partial charge in [-0.3, -0.25) is 10.1 Å². The number of para-hydroxylation sites is 1. The predicted octanol–water partition coefficient (Wildman–Crippen LogP) is -0.450. The van der Waals surface area contributed by atoms with Crippen LogP contribution in [0, 0.1) is 0 Å². The minimum atomic E-state index is -0.548. The van der Waals surface area contributed by atoms with E-state index in [-0.39, 0.29) is 5.91 Å². The second-order valence-electron chi connectivity index (χ2n) is 8.23. The number of tetrazole rings is 1. The Morgan fingerprint density at radius 1 is 1.09 bits per heavy atom. The highest BCUT2D eigenvalue weighted by molar-refractivity contribution is 7.99. The smallest absolute Gasteiger partial charge is 0.325 e. The minimum absolute atomic E-state index is 0.310. The second-order valence-corrected chi connectivity index (χ2v) is 9.30. The van der Waals surface area contributed by atoms with Gasteiger partial charge in [-0.15, -0.1) is 5.10 Å². The van der Waals surface area contributed by atoms with Crippen LogP contribution < -0.4 is 5.32 Å². The van der Waals surface area contributed by atoms with Gasteiger partial charge in [0.25, 0.3) is 5.91 Å². The van der Waals surface area contributed by atoms with Gasteiger partial charge in [-0.25, -0.2) is 9.79 Å². The van der Waals surface area contributed by atoms with Crippen LogP contribution in [0.1, 0.15) is 0 Å². The Morgan fingerprint density at radius 3 is 2.61 bits per heavy atom. The van der Waals surface area contributed by atoms with Crippen LogP contribution in [0.3, 0.4) is 0 Å². The third kappa shape index (κ3) is 4.13. The van der Waals surface area contributed by atoms with Crippen LogP contribution in [0.4, 0.5) is 4.79 Å². The number of piperazine rings is 1. The number of rotatable bonds is 5. The van der Waals surface area contributed by atoms with Crippen molar-refractivity contribution in [3.05, 3.63) is 30.3 Å². The average molecular weight is 471 g/mol. The van der Waals surface area contributed by atoms with Crippen molar-refractivity contribution < 1.29 is 9.59 Å². The molecule has 13 heteroatoms. The molecule has 1 aromatic heterocycles. The summed E-state index contributed by atoms with van der Waals surface area (Å²) in [7, 11) is 3.77. The topological polar surface area (TPSA) is 115 Å². The van der Waals surface area contributed by atoms with Crippen LogP contribution in [-0.4, -0.2) is 122 Å². The summed E-state index contributed by atoms with van der Waals surface area (Å²) in [5.41, 5.74) is 0.887. The van der Waals surface area contributed by atoms with E-state index in [1.165, 1.54) is 16.7 Å². The Labute approximate surface area is 195 Å². The highest BCUT2D eigenvalue weighted by Gasteiger charge is 2.49. The molecule has 174 valence electrons. The molecule has 1 aromatic carbocycles. The van der Waals surface area contributed by atoms with Crippen molar-refractivity contribution in [1.29, 1.82) is 0 Å². The number of aromatic nitrogens is 4. The molecule has 2 saturated heterocycles. The maximum absolute atomic E-state index is 12.8. The van der Waals surface area contributed by atoms with Crippen LogP contribution in [0.5, 0.6) is 0 Å². The van der Waals surface area contributed by atoms with Crippen molar-refractivity contribution in [1.82, 2.24) is 45.1 Å². The summed E-state index contributed by atoms with van der Waals surface area (Å²) in [4.78, 5) is 37.8. The molecule has 1 N–H and O–H groups in total. The number of imide groups is 1. The quantitative estimate of drug-likeness (QED) is 0.580. The lowest BCUT2D eigenvalue weighted by atomic mass is 10.1. The molecule has 2 unspecified atom stereocenters. The van der Waals surface area contributed by atoms with E-state index in [4.69, 9.17) is 4.99 Å². The lowest BCUT2D eigenvalue weighted by Crippen LogP contribution is -2.64. The number of likely N-dealkylation sites (N-methyl/N-ethyl adjacent to an activating group) is 2. The number of benzene rings is 1. The summed E-state index contributed by atoms with van der Waals surface area (Å²) >= 11 is 1.52. The van der Waals surface area contributed by atoms with E-state index < -0.39 is 18.2 Å². The van der Waals surface area contributed by atoms with Gasteiger partial charge in [0.2, 0.25) is 5.16 Å². The van der Waals surface area contributed by atoms with Gasteiger partial charge < -0.3 is 19.6 Å². The number of aliphatic imine (C=N–C) groups is 1. The zero-order valence-corrected chi connectivity index (χ0v) is 19.4. The summed E-state index contributed by atoms with van der Waals surface area (Å²) in [5.74, 6) is 1.11. The maximum Gasteiger partial charge on any atom is 0.325 e. The molecule has 4 heterocycles. The first-order valence-electron chi connectivity index (χ1n) is 10.8. The van der Waals surface area contributed by atoms with E-state index in [0.717, 1.165) is 37.8 Å². The third-order valence-corrected chi connectivity index (χ3v) is 7.03. The fourth-order valence-corrected chi connectivity index (χ4v) is 5.08. The van der Waals surface area contributed by atoms with Crippen molar-refractivity contribution in [2.45, 2.75) is 17.4 Å². The van der Waals surface area contributed by atoms with E-state index >= 15 is 0 Å². The summed E-state index contributed by atoms with van der Waals surface area (Å²) in [6, 6.07) is 8.75. The molecule has 2 aromatic rings. The predicted molar refractivity (Wildman–Crippen MR) is 122 cm³/mol. The number of nitrogens with one attached hydrogen (secondary N) is 1. The molecule has 3 aliphatic rings. The first-order valence-corrected chi connectivity index (χ1v) is 11.8. The lowest BCUT2D eigenvalue weighted by molar-refractivity contribution is -0.127. The Bertz CT molecular complexity index is 1050. The van der Waals surface area contributed by atoms with Gasteiger partial charge in [0.05, 0.1) is 5.69 Å². The zero-order valence-electron chi connectivity index (χ0n) is 18.5. The Balaban J connectivity index is 1.33. The lowest BCUT2D eigenvalue weighted by Gasteiger charge is -2.39. The number of urea groups is 1. The second kappa shape index (κ2) is 8.98. The number of amides is 3. The Hall–Kier alpha value is -3.19. The van der Waals surface area contributed by atoms with Crippen molar-refractivity contribution in [3.8, 4) is 5.69 Å². The van der Waals surface area contributed by atoms with Crippen LogP contribution in [0.25, 0.3) is 5.69 Å². The molecule has 12 nitrogen and oxygen atoms in total. The molecule has 5 rings (SSSR count). The molecule has 3 aliphatic heterocycles. The highest BCUT2D eigenvalue weighted by atomic mass is 32.2. The van der Waals surface area contributed by atoms with Crippen molar-refractivity contribution >= 4 is 29.7 Å². The van der Waals surface area contributed by atoms with Gasteiger partial charge in [-0.1, -0.05) is 30.0 Å². The van der Waals surface area contributed by atoms with Crippen LogP contribution in [0.15, 0.2) is 40.5 Å². The largest absolute Gasteiger partial charge is 0.340 e. The molecule has 2 fully saturated rings. The molecule has 0 aliphatic carbocycles. The number of hydrogen-bond acceptors (Lipinski definition) is 10. The molecule has 0 spiro atoms. The summed E-state index contributed by atoms with van der Waals surface area (Å²) in [6.07, 6.45) is -0.527. The molecular formula is C20H26N10O2S. The van der Waals surface area contributed by atoms with Gasteiger partial charge in [0.1, 0.15) is 0 Å². The van der Waals surface area contributed by atoms with E-state index in [1.54, 1.807) is 11.7 Å². The van der Waals surface area contributed by atoms with Crippen molar-refractivity contribution in [2.24, 2.45) is 4.99 Å². The highest BCUT2D eigenvalue weighted by Crippen LogP contribution is 2.27. The molecule has 0 radical (unpaired) electrons. The monoisotopic (exact) mass is 470 g/mol. The van der Waals surface area contributed by atoms with Crippen LogP contribution >= 0.6 is 11.8 Å². The van der Waals surface area contributed by atoms with Crippen LogP contribution in [0.2, 0.25) is 0 Å². The van der Waals surface area contributed by atoms with E-state index in [1.807, 2.05) is 35.2 Å². The molecule has 3 amide bonds. The normalized spacial score (nSPS) is 23.6. The molecular weight excluding hydrogens is 444 g/mol. The van der Waals surface area contributed by atoms with Gasteiger partial charge in [-0.2, -0.15) is 4.68 Å². The summed E-state index contributed by atoms with van der Waals surface area (Å²) < 4.78 is 1.70. The fraction of sp³-hybridized carbons (Fsp3) is 0.500. The molecule has 2 atom stereocenters. The number of carbonyl (C=O) groups excluding carboxylic acids is 2. The number of hydrogen-bond donors (Lipinski definition) is 1. The van der Waals surface area contributed by atoms with Crippen molar-refractivity contribution in [3.63, 3.8) is 0 Å². The number of carbonyl (C=O) groups is 2. The number of nitrogens with zero attached hydrogens (tertiary/aromatic N) is 9.